The van der Waals surface area contributed by atoms with E-state index in [4.69, 9.17) is 0 Å². The zero-order valence-corrected chi connectivity index (χ0v) is 20.7. The van der Waals surface area contributed by atoms with Gasteiger partial charge in [-0.15, -0.1) is 0 Å². The Morgan fingerprint density at radius 1 is 0.361 bits per heavy atom. The van der Waals surface area contributed by atoms with Crippen LogP contribution in [0.5, 0.6) is 0 Å². The van der Waals surface area contributed by atoms with Crippen molar-refractivity contribution < 1.29 is 0 Å². The van der Waals surface area contributed by atoms with Gasteiger partial charge in [0.2, 0.25) is 0 Å². The molecule has 0 amide bonds. The van der Waals surface area contributed by atoms with Gasteiger partial charge >= 0.3 is 0 Å². The average Bonchev–Trinajstić information content (AvgIpc) is 3.56. The number of hydrogen-bond acceptors (Lipinski definition) is 0. The molecule has 0 saturated heterocycles. The fourth-order valence-electron chi connectivity index (χ4n) is 5.77. The smallest absolute Gasteiger partial charge is 0.0489 e. The molecule has 4 aromatic carbocycles. The molecular formula is C33H27N3. The van der Waals surface area contributed by atoms with Gasteiger partial charge in [0.15, 0.2) is 0 Å². The molecule has 3 heteroatoms. The van der Waals surface area contributed by atoms with Gasteiger partial charge < -0.3 is 13.7 Å². The summed E-state index contributed by atoms with van der Waals surface area (Å²) in [7, 11) is 6.49. The number of para-hydroxylation sites is 3. The second-order valence-corrected chi connectivity index (χ2v) is 9.74. The summed E-state index contributed by atoms with van der Waals surface area (Å²) < 4.78 is 6.92. The maximum absolute atomic E-state index is 2.34. The summed E-state index contributed by atoms with van der Waals surface area (Å²) >= 11 is 0. The highest BCUT2D eigenvalue weighted by molar-refractivity contribution is 5.93. The van der Waals surface area contributed by atoms with E-state index in [9.17, 15) is 0 Å². The van der Waals surface area contributed by atoms with Crippen LogP contribution in [-0.2, 0) is 21.1 Å². The first-order valence-electron chi connectivity index (χ1n) is 12.4. The topological polar surface area (TPSA) is 14.8 Å². The monoisotopic (exact) mass is 465 g/mol. The average molecular weight is 466 g/mol. The van der Waals surface area contributed by atoms with Crippen molar-refractivity contribution in [1.29, 1.82) is 0 Å². The van der Waals surface area contributed by atoms with E-state index in [1.807, 2.05) is 0 Å². The van der Waals surface area contributed by atoms with Crippen LogP contribution in [0.15, 0.2) is 109 Å². The van der Waals surface area contributed by atoms with Gasteiger partial charge in [-0.25, -0.2) is 0 Å². The lowest BCUT2D eigenvalue weighted by Crippen LogP contribution is -1.97. The number of aryl methyl sites for hydroxylation is 3. The Bertz CT molecular complexity index is 1690. The molecule has 0 aliphatic carbocycles. The van der Waals surface area contributed by atoms with Crippen molar-refractivity contribution in [1.82, 2.24) is 13.7 Å². The molecule has 7 rings (SSSR count). The first-order chi connectivity index (χ1) is 17.6. The summed E-state index contributed by atoms with van der Waals surface area (Å²) in [5.41, 5.74) is 11.0. The highest BCUT2D eigenvalue weighted by Gasteiger charge is 2.16. The maximum atomic E-state index is 2.34. The first-order valence-corrected chi connectivity index (χ1v) is 12.4. The minimum atomic E-state index is 1.22. The van der Waals surface area contributed by atoms with Crippen LogP contribution < -0.4 is 0 Å². The van der Waals surface area contributed by atoms with E-state index in [0.29, 0.717) is 0 Å². The van der Waals surface area contributed by atoms with Crippen molar-refractivity contribution in [3.05, 3.63) is 109 Å². The number of nitrogens with zero attached hydrogens (tertiary/aromatic N) is 3. The molecule has 7 aromatic rings. The highest BCUT2D eigenvalue weighted by Crippen LogP contribution is 2.37. The third kappa shape index (κ3) is 3.06. The highest BCUT2D eigenvalue weighted by atomic mass is 15.0. The lowest BCUT2D eigenvalue weighted by molar-refractivity contribution is 0.970. The lowest BCUT2D eigenvalue weighted by atomic mass is 9.99. The van der Waals surface area contributed by atoms with Crippen LogP contribution >= 0.6 is 0 Å². The Kier molecular flexibility index (Phi) is 4.49. The zero-order chi connectivity index (χ0) is 24.4. The first kappa shape index (κ1) is 20.8. The van der Waals surface area contributed by atoms with Gasteiger partial charge in [-0.1, -0.05) is 54.6 Å². The van der Waals surface area contributed by atoms with Gasteiger partial charge in [0.05, 0.1) is 0 Å². The quantitative estimate of drug-likeness (QED) is 0.250. The van der Waals surface area contributed by atoms with Crippen molar-refractivity contribution in [2.45, 2.75) is 0 Å². The van der Waals surface area contributed by atoms with Crippen LogP contribution in [-0.4, -0.2) is 13.7 Å². The Labute approximate surface area is 210 Å². The van der Waals surface area contributed by atoms with Crippen LogP contribution in [0.25, 0.3) is 66.5 Å². The van der Waals surface area contributed by atoms with E-state index >= 15 is 0 Å². The summed E-state index contributed by atoms with van der Waals surface area (Å²) in [4.78, 5) is 0. The molecule has 0 radical (unpaired) electrons. The molecule has 0 fully saturated rings. The molecule has 0 atom stereocenters. The third-order valence-corrected chi connectivity index (χ3v) is 7.68. The summed E-state index contributed by atoms with van der Waals surface area (Å²) in [6.07, 6.45) is 0. The molecule has 0 unspecified atom stereocenters. The molecule has 0 saturated carbocycles. The molecule has 0 bridgehead atoms. The fourth-order valence-corrected chi connectivity index (χ4v) is 5.77. The van der Waals surface area contributed by atoms with E-state index in [0.717, 1.165) is 0 Å². The van der Waals surface area contributed by atoms with Crippen molar-refractivity contribution in [3.8, 4) is 33.8 Å². The normalized spacial score (nSPS) is 11.8. The molecule has 3 nitrogen and oxygen atoms in total. The minimum Gasteiger partial charge on any atom is -0.344 e. The molecule has 0 aliphatic heterocycles. The number of hydrogen-bond donors (Lipinski definition) is 0. The predicted octanol–water partition coefficient (Wildman–Crippen LogP) is 8.16. The largest absolute Gasteiger partial charge is 0.344 e. The van der Waals surface area contributed by atoms with E-state index < -0.39 is 0 Å². The number of aromatic nitrogens is 3. The Morgan fingerprint density at radius 3 is 0.917 bits per heavy atom. The molecule has 0 aliphatic rings. The van der Waals surface area contributed by atoms with Crippen molar-refractivity contribution in [3.63, 3.8) is 0 Å². The van der Waals surface area contributed by atoms with Gasteiger partial charge in [0.25, 0.3) is 0 Å². The summed E-state index contributed by atoms with van der Waals surface area (Å²) in [6.45, 7) is 0. The second kappa shape index (κ2) is 7.76. The molecule has 0 spiro atoms. The number of benzene rings is 4. The van der Waals surface area contributed by atoms with Crippen LogP contribution in [0.4, 0.5) is 0 Å². The summed E-state index contributed by atoms with van der Waals surface area (Å²) in [6, 6.07) is 39.8. The van der Waals surface area contributed by atoms with Crippen LogP contribution in [0.2, 0.25) is 0 Å². The molecule has 3 aromatic heterocycles. The van der Waals surface area contributed by atoms with Gasteiger partial charge in [-0.3, -0.25) is 0 Å². The number of rotatable bonds is 3. The molecule has 3 heterocycles. The van der Waals surface area contributed by atoms with Crippen molar-refractivity contribution >= 4 is 32.7 Å². The lowest BCUT2D eigenvalue weighted by Gasteiger charge is -2.13. The molecule has 174 valence electrons. The SMILES string of the molecule is Cn1c(-c2cc(-c3cc4ccccc4n3C)cc(-c3cc4ccccc4n3C)c2)cc2ccccc21. The summed E-state index contributed by atoms with van der Waals surface area (Å²) in [5.74, 6) is 0. The zero-order valence-electron chi connectivity index (χ0n) is 20.7. The van der Waals surface area contributed by atoms with Crippen LogP contribution in [0, 0.1) is 0 Å². The van der Waals surface area contributed by atoms with E-state index in [1.54, 1.807) is 0 Å². The molecular weight excluding hydrogens is 438 g/mol. The molecule has 0 N–H and O–H groups in total. The van der Waals surface area contributed by atoms with Crippen molar-refractivity contribution in [2.24, 2.45) is 21.1 Å². The third-order valence-electron chi connectivity index (χ3n) is 7.68. The van der Waals surface area contributed by atoms with Crippen LogP contribution in [0.3, 0.4) is 0 Å². The van der Waals surface area contributed by atoms with Gasteiger partial charge in [0, 0.05) is 70.9 Å². The van der Waals surface area contributed by atoms with Gasteiger partial charge in [-0.05, 0) is 71.3 Å². The summed E-state index contributed by atoms with van der Waals surface area (Å²) in [5, 5.41) is 3.78. The minimum absolute atomic E-state index is 1.22. The molecule has 36 heavy (non-hydrogen) atoms. The van der Waals surface area contributed by atoms with E-state index in [2.05, 4.69) is 144 Å². The van der Waals surface area contributed by atoms with Crippen molar-refractivity contribution in [2.75, 3.05) is 0 Å². The van der Waals surface area contributed by atoms with E-state index in [1.165, 1.54) is 66.5 Å². The van der Waals surface area contributed by atoms with Gasteiger partial charge in [0.1, 0.15) is 0 Å². The van der Waals surface area contributed by atoms with Crippen LogP contribution in [0.1, 0.15) is 0 Å². The Hall–Kier alpha value is -4.50. The Morgan fingerprint density at radius 2 is 0.639 bits per heavy atom. The second-order valence-electron chi connectivity index (χ2n) is 9.74. The maximum Gasteiger partial charge on any atom is 0.0489 e. The fraction of sp³-hybridized carbons (Fsp3) is 0.0909. The predicted molar refractivity (Wildman–Crippen MR) is 152 cm³/mol. The number of fused-ring (bicyclic) bond motifs is 3. The standard InChI is InChI=1S/C33H27N3/c1-34-28-13-7-4-10-22(28)19-31(34)25-16-26(32-20-23-11-5-8-14-29(23)35(32)2)18-27(17-25)33-21-24-12-6-9-15-30(24)36(33)3/h4-21H,1-3H3. The van der Waals surface area contributed by atoms with E-state index in [-0.39, 0.29) is 0 Å². The Balaban J connectivity index is 1.52. The van der Waals surface area contributed by atoms with Gasteiger partial charge in [-0.2, -0.15) is 0 Å².